The number of aromatic nitrogens is 4. The summed E-state index contributed by atoms with van der Waals surface area (Å²) >= 11 is 0. The quantitative estimate of drug-likeness (QED) is 0.817. The van der Waals surface area contributed by atoms with Gasteiger partial charge in [-0.25, -0.2) is 0 Å². The molecule has 0 fully saturated rings. The Morgan fingerprint density at radius 1 is 1.55 bits per heavy atom. The summed E-state index contributed by atoms with van der Waals surface area (Å²) in [6, 6.07) is 3.55. The number of nitrogens with one attached hydrogen (secondary N) is 1. The molecule has 3 rings (SSSR count). The van der Waals surface area contributed by atoms with Gasteiger partial charge in [-0.2, -0.15) is 4.80 Å². The topological polar surface area (TPSA) is 107 Å². The van der Waals surface area contributed by atoms with Crippen molar-refractivity contribution in [2.24, 2.45) is 5.16 Å². The number of tetrazole rings is 1. The lowest BCUT2D eigenvalue weighted by Crippen LogP contribution is -2.33. The van der Waals surface area contributed by atoms with Gasteiger partial charge in [0.15, 0.2) is 12.4 Å². The van der Waals surface area contributed by atoms with Gasteiger partial charge in [0.05, 0.1) is 12.8 Å². The summed E-state index contributed by atoms with van der Waals surface area (Å²) in [5.74, 6) is 0.391. The number of oxime groups is 1. The summed E-state index contributed by atoms with van der Waals surface area (Å²) in [6.07, 6.45) is 2.95. The molecule has 2 aromatic heterocycles. The van der Waals surface area contributed by atoms with Gasteiger partial charge in [0, 0.05) is 13.0 Å². The van der Waals surface area contributed by atoms with Crippen LogP contribution in [0.4, 0.5) is 0 Å². The number of furan rings is 1. The molecule has 9 heteroatoms. The molecule has 2 aromatic rings. The lowest BCUT2D eigenvalue weighted by molar-refractivity contribution is -0.114. The molecule has 1 unspecified atom stereocenters. The minimum Gasteiger partial charge on any atom is -0.465 e. The Labute approximate surface area is 113 Å². The van der Waals surface area contributed by atoms with E-state index in [-0.39, 0.29) is 12.0 Å². The Morgan fingerprint density at radius 2 is 2.50 bits per heavy atom. The third-order valence-electron chi connectivity index (χ3n) is 2.78. The maximum Gasteiger partial charge on any atom is 0.269 e. The maximum atomic E-state index is 11.9. The van der Waals surface area contributed by atoms with Gasteiger partial charge in [0.25, 0.3) is 5.91 Å². The number of carbonyl (C=O) groups excluding carboxylic acids is 1. The first kappa shape index (κ1) is 12.3. The number of hydrogen-bond donors (Lipinski definition) is 1. The highest BCUT2D eigenvalue weighted by Gasteiger charge is 2.28. The smallest absolute Gasteiger partial charge is 0.269 e. The number of rotatable bonds is 5. The second kappa shape index (κ2) is 5.51. The molecule has 104 valence electrons. The first-order valence-corrected chi connectivity index (χ1v) is 6.08. The Hall–Kier alpha value is -2.71. The average Bonchev–Trinajstić information content (AvgIpc) is 3.20. The minimum atomic E-state index is -0.331. The molecular formula is C11H12N6O3. The first-order chi connectivity index (χ1) is 9.83. The number of hydrogen-bond acceptors (Lipinski definition) is 7. The van der Waals surface area contributed by atoms with Gasteiger partial charge in [0.1, 0.15) is 11.5 Å². The molecule has 1 aliphatic rings. The molecule has 0 aliphatic carbocycles. The summed E-state index contributed by atoms with van der Waals surface area (Å²) in [4.78, 5) is 18.4. The highest BCUT2D eigenvalue weighted by Crippen LogP contribution is 2.27. The highest BCUT2D eigenvalue weighted by molar-refractivity contribution is 6.39. The molecule has 0 aromatic carbocycles. The van der Waals surface area contributed by atoms with E-state index in [1.165, 1.54) is 11.1 Å². The molecule has 9 nitrogen and oxygen atoms in total. The van der Waals surface area contributed by atoms with Gasteiger partial charge in [-0.3, -0.25) is 4.79 Å². The fourth-order valence-electron chi connectivity index (χ4n) is 1.80. The van der Waals surface area contributed by atoms with E-state index in [2.05, 4.69) is 25.9 Å². The van der Waals surface area contributed by atoms with Crippen molar-refractivity contribution in [2.75, 3.05) is 6.54 Å². The molecular weight excluding hydrogens is 264 g/mol. The highest BCUT2D eigenvalue weighted by atomic mass is 16.6. The fourth-order valence-corrected chi connectivity index (χ4v) is 1.80. The van der Waals surface area contributed by atoms with Crippen molar-refractivity contribution in [1.29, 1.82) is 0 Å². The molecule has 1 aliphatic heterocycles. The van der Waals surface area contributed by atoms with Crippen LogP contribution < -0.4 is 5.32 Å². The van der Waals surface area contributed by atoms with Crippen LogP contribution in [0.1, 0.15) is 18.3 Å². The molecule has 3 heterocycles. The van der Waals surface area contributed by atoms with Crippen LogP contribution in [0.15, 0.2) is 34.3 Å². The van der Waals surface area contributed by atoms with Crippen molar-refractivity contribution in [2.45, 2.75) is 19.1 Å². The summed E-state index contributed by atoms with van der Waals surface area (Å²) in [5, 5.41) is 17.6. The predicted molar refractivity (Wildman–Crippen MR) is 65.4 cm³/mol. The summed E-state index contributed by atoms with van der Waals surface area (Å²) in [7, 11) is 0. The largest absolute Gasteiger partial charge is 0.465 e. The van der Waals surface area contributed by atoms with Gasteiger partial charge in [-0.1, -0.05) is 5.16 Å². The van der Waals surface area contributed by atoms with E-state index < -0.39 is 0 Å². The average molecular weight is 276 g/mol. The van der Waals surface area contributed by atoms with Crippen LogP contribution in [0, 0.1) is 0 Å². The van der Waals surface area contributed by atoms with Crippen molar-refractivity contribution in [3.63, 3.8) is 0 Å². The Balaban J connectivity index is 1.46. The van der Waals surface area contributed by atoms with Crippen LogP contribution in [0.5, 0.6) is 0 Å². The van der Waals surface area contributed by atoms with Crippen LogP contribution in [0.2, 0.25) is 0 Å². The number of nitrogens with zero attached hydrogens (tertiary/aromatic N) is 5. The van der Waals surface area contributed by atoms with Crippen LogP contribution in [-0.2, 0) is 16.2 Å². The summed E-state index contributed by atoms with van der Waals surface area (Å²) < 4.78 is 5.22. The maximum absolute atomic E-state index is 11.9. The van der Waals surface area contributed by atoms with Crippen LogP contribution >= 0.6 is 0 Å². The number of carbonyl (C=O) groups is 1. The van der Waals surface area contributed by atoms with E-state index in [4.69, 9.17) is 9.25 Å². The van der Waals surface area contributed by atoms with Crippen molar-refractivity contribution >= 4 is 11.6 Å². The van der Waals surface area contributed by atoms with E-state index in [1.54, 1.807) is 18.4 Å². The molecule has 0 spiro atoms. The molecule has 0 radical (unpaired) electrons. The standard InChI is InChI=1S/C11H12N6O3/c18-11(12-3-4-17-14-7-13-16-17)8-6-10(20-15-8)9-2-1-5-19-9/h1-2,5,7,10H,3-4,6H2,(H,12,18). The van der Waals surface area contributed by atoms with Crippen LogP contribution in [-0.4, -0.2) is 38.4 Å². The Kier molecular flexibility index (Phi) is 3.40. The molecule has 0 bridgehead atoms. The van der Waals surface area contributed by atoms with Crippen molar-refractivity contribution in [3.05, 3.63) is 30.5 Å². The lowest BCUT2D eigenvalue weighted by Gasteiger charge is -2.04. The minimum absolute atomic E-state index is 0.265. The summed E-state index contributed by atoms with van der Waals surface area (Å²) in [6.45, 7) is 0.834. The third kappa shape index (κ3) is 2.66. The summed E-state index contributed by atoms with van der Waals surface area (Å²) in [5.41, 5.74) is 0.345. The zero-order valence-corrected chi connectivity index (χ0v) is 10.5. The second-order valence-corrected chi connectivity index (χ2v) is 4.14. The molecule has 0 saturated carbocycles. The normalized spacial score (nSPS) is 17.6. The van der Waals surface area contributed by atoms with E-state index in [9.17, 15) is 4.79 Å². The molecule has 20 heavy (non-hydrogen) atoms. The SMILES string of the molecule is O=C(NCCn1ncnn1)C1=NOC(c2ccco2)C1. The Morgan fingerprint density at radius 3 is 3.25 bits per heavy atom. The molecule has 0 saturated heterocycles. The van der Waals surface area contributed by atoms with Crippen molar-refractivity contribution in [1.82, 2.24) is 25.5 Å². The van der Waals surface area contributed by atoms with E-state index in [0.717, 1.165) is 0 Å². The fraction of sp³-hybridized carbons (Fsp3) is 0.364. The first-order valence-electron chi connectivity index (χ1n) is 6.08. The van der Waals surface area contributed by atoms with Gasteiger partial charge in [0.2, 0.25) is 0 Å². The van der Waals surface area contributed by atoms with Crippen LogP contribution in [0.25, 0.3) is 0 Å². The van der Waals surface area contributed by atoms with Crippen molar-refractivity contribution < 1.29 is 14.0 Å². The molecule has 1 amide bonds. The molecule has 1 N–H and O–H groups in total. The molecule has 1 atom stereocenters. The van der Waals surface area contributed by atoms with Gasteiger partial charge in [-0.05, 0) is 17.3 Å². The second-order valence-electron chi connectivity index (χ2n) is 4.14. The Bertz CT molecular complexity index is 592. The van der Waals surface area contributed by atoms with Gasteiger partial charge in [-0.15, -0.1) is 10.2 Å². The lowest BCUT2D eigenvalue weighted by atomic mass is 10.1. The van der Waals surface area contributed by atoms with E-state index in [1.807, 2.05) is 0 Å². The monoisotopic (exact) mass is 276 g/mol. The zero-order valence-electron chi connectivity index (χ0n) is 10.5. The van der Waals surface area contributed by atoms with Gasteiger partial charge >= 0.3 is 0 Å². The zero-order chi connectivity index (χ0) is 13.8. The van der Waals surface area contributed by atoms with Crippen molar-refractivity contribution in [3.8, 4) is 0 Å². The van der Waals surface area contributed by atoms with E-state index >= 15 is 0 Å². The van der Waals surface area contributed by atoms with Gasteiger partial charge < -0.3 is 14.6 Å². The predicted octanol–water partition coefficient (Wildman–Crippen LogP) is -0.100. The number of amides is 1. The third-order valence-corrected chi connectivity index (χ3v) is 2.78. The van der Waals surface area contributed by atoms with Crippen LogP contribution in [0.3, 0.4) is 0 Å². The van der Waals surface area contributed by atoms with E-state index in [0.29, 0.717) is 31.0 Å².